The SMILES string of the molecule is CCNC(=NCc1cccnc1OCC(F)(F)F)N1CCC(NC(=O)OC(C)(C)C)C1. The molecule has 0 saturated carbocycles. The number of halogens is 3. The molecule has 2 N–H and O–H groups in total. The number of aliphatic imine (C=N–C) groups is 1. The number of ether oxygens (including phenoxy) is 2. The number of nitrogens with one attached hydrogen (secondary N) is 2. The number of carbonyl (C=O) groups excluding carboxylic acids is 1. The van der Waals surface area contributed by atoms with Gasteiger partial charge in [-0.3, -0.25) is 0 Å². The fraction of sp³-hybridized carbons (Fsp3) is 0.650. The highest BCUT2D eigenvalue weighted by Crippen LogP contribution is 2.21. The summed E-state index contributed by atoms with van der Waals surface area (Å²) in [5.74, 6) is 0.506. The van der Waals surface area contributed by atoms with Crippen LogP contribution < -0.4 is 15.4 Å². The molecule has 0 spiro atoms. The van der Waals surface area contributed by atoms with Crippen LogP contribution in [0.25, 0.3) is 0 Å². The van der Waals surface area contributed by atoms with Gasteiger partial charge in [-0.15, -0.1) is 0 Å². The van der Waals surface area contributed by atoms with E-state index in [1.807, 2.05) is 11.8 Å². The lowest BCUT2D eigenvalue weighted by Crippen LogP contribution is -2.44. The summed E-state index contributed by atoms with van der Waals surface area (Å²) in [6, 6.07) is 3.15. The van der Waals surface area contributed by atoms with Crippen LogP contribution >= 0.6 is 0 Å². The third-order valence-corrected chi connectivity index (χ3v) is 4.17. The fourth-order valence-electron chi connectivity index (χ4n) is 2.96. The van der Waals surface area contributed by atoms with E-state index in [2.05, 4.69) is 20.6 Å². The minimum absolute atomic E-state index is 0.0923. The maximum Gasteiger partial charge on any atom is 0.422 e. The fourth-order valence-corrected chi connectivity index (χ4v) is 2.96. The maximum atomic E-state index is 12.5. The third kappa shape index (κ3) is 8.89. The quantitative estimate of drug-likeness (QED) is 0.517. The van der Waals surface area contributed by atoms with E-state index >= 15 is 0 Å². The molecule has 1 aliphatic heterocycles. The van der Waals surface area contributed by atoms with E-state index in [0.717, 1.165) is 6.42 Å². The Hall–Kier alpha value is -2.72. The number of carbonyl (C=O) groups is 1. The molecule has 2 heterocycles. The van der Waals surface area contributed by atoms with Gasteiger partial charge in [0.25, 0.3) is 0 Å². The summed E-state index contributed by atoms with van der Waals surface area (Å²) in [5.41, 5.74) is -0.126. The van der Waals surface area contributed by atoms with Crippen LogP contribution in [0, 0.1) is 0 Å². The summed E-state index contributed by atoms with van der Waals surface area (Å²) < 4.78 is 47.5. The third-order valence-electron chi connectivity index (χ3n) is 4.17. The van der Waals surface area contributed by atoms with Crippen molar-refractivity contribution in [3.8, 4) is 5.88 Å². The lowest BCUT2D eigenvalue weighted by molar-refractivity contribution is -0.154. The number of alkyl carbamates (subject to hydrolysis) is 1. The van der Waals surface area contributed by atoms with Crippen molar-refractivity contribution in [3.05, 3.63) is 23.9 Å². The van der Waals surface area contributed by atoms with Crippen LogP contribution in [0.3, 0.4) is 0 Å². The molecule has 1 atom stereocenters. The molecule has 1 unspecified atom stereocenters. The standard InChI is InChI=1S/C20H30F3N5O3/c1-5-24-17(28-10-8-15(12-28)27-18(29)31-19(2,3)4)26-11-14-7-6-9-25-16(14)30-13-20(21,22)23/h6-7,9,15H,5,8,10-13H2,1-4H3,(H,24,26)(H,27,29). The van der Waals surface area contributed by atoms with Crippen molar-refractivity contribution in [1.29, 1.82) is 0 Å². The molecule has 0 radical (unpaired) electrons. The average Bonchev–Trinajstić information content (AvgIpc) is 3.10. The number of guanidine groups is 1. The molecule has 1 aliphatic rings. The van der Waals surface area contributed by atoms with Crippen LogP contribution in [0.15, 0.2) is 23.3 Å². The van der Waals surface area contributed by atoms with Gasteiger partial charge in [0.1, 0.15) is 5.60 Å². The van der Waals surface area contributed by atoms with Crippen molar-refractivity contribution in [2.24, 2.45) is 4.99 Å². The van der Waals surface area contributed by atoms with E-state index in [0.29, 0.717) is 31.2 Å². The van der Waals surface area contributed by atoms with Gasteiger partial charge in [0.2, 0.25) is 5.88 Å². The van der Waals surface area contributed by atoms with Gasteiger partial charge in [-0.25, -0.2) is 14.8 Å². The van der Waals surface area contributed by atoms with Crippen molar-refractivity contribution in [3.63, 3.8) is 0 Å². The summed E-state index contributed by atoms with van der Waals surface area (Å²) in [6.07, 6.45) is -2.82. The van der Waals surface area contributed by atoms with Crippen LogP contribution in [0.5, 0.6) is 5.88 Å². The molecule has 31 heavy (non-hydrogen) atoms. The molecular formula is C20H30F3N5O3. The first-order valence-corrected chi connectivity index (χ1v) is 10.1. The van der Waals surface area contributed by atoms with Crippen molar-refractivity contribution in [1.82, 2.24) is 20.5 Å². The minimum Gasteiger partial charge on any atom is -0.468 e. The van der Waals surface area contributed by atoms with Crippen molar-refractivity contribution in [2.45, 2.75) is 58.5 Å². The van der Waals surface area contributed by atoms with Crippen LogP contribution in [-0.2, 0) is 11.3 Å². The molecule has 0 bridgehead atoms. The number of likely N-dealkylation sites (tertiary alicyclic amines) is 1. The topological polar surface area (TPSA) is 88.1 Å². The summed E-state index contributed by atoms with van der Waals surface area (Å²) in [7, 11) is 0. The van der Waals surface area contributed by atoms with Gasteiger partial charge in [-0.1, -0.05) is 6.07 Å². The van der Waals surface area contributed by atoms with Gasteiger partial charge < -0.3 is 25.0 Å². The van der Waals surface area contributed by atoms with E-state index in [-0.39, 0.29) is 18.5 Å². The smallest absolute Gasteiger partial charge is 0.422 e. The maximum absolute atomic E-state index is 12.5. The zero-order valence-corrected chi connectivity index (χ0v) is 18.3. The number of amides is 1. The molecule has 1 aromatic heterocycles. The molecule has 1 aromatic rings. The Bertz CT molecular complexity index is 765. The van der Waals surface area contributed by atoms with E-state index in [4.69, 9.17) is 9.47 Å². The van der Waals surface area contributed by atoms with Crippen LogP contribution in [0.1, 0.15) is 39.7 Å². The van der Waals surface area contributed by atoms with Gasteiger partial charge in [0.15, 0.2) is 12.6 Å². The number of aromatic nitrogens is 1. The second-order valence-corrected chi connectivity index (χ2v) is 8.12. The Morgan fingerprint density at radius 1 is 1.35 bits per heavy atom. The molecule has 8 nitrogen and oxygen atoms in total. The lowest BCUT2D eigenvalue weighted by Gasteiger charge is -2.23. The monoisotopic (exact) mass is 445 g/mol. The highest BCUT2D eigenvalue weighted by Gasteiger charge is 2.30. The summed E-state index contributed by atoms with van der Waals surface area (Å²) in [5, 5.41) is 6.03. The zero-order valence-electron chi connectivity index (χ0n) is 18.3. The van der Waals surface area contributed by atoms with Gasteiger partial charge in [0.05, 0.1) is 12.6 Å². The molecule has 0 aliphatic carbocycles. The predicted octanol–water partition coefficient (Wildman–Crippen LogP) is 3.09. The molecule has 2 rings (SSSR count). The van der Waals surface area contributed by atoms with Gasteiger partial charge >= 0.3 is 12.3 Å². The number of hydrogen-bond donors (Lipinski definition) is 2. The second-order valence-electron chi connectivity index (χ2n) is 8.12. The van der Waals surface area contributed by atoms with Crippen molar-refractivity contribution < 1.29 is 27.4 Å². The Kier molecular flexibility index (Phi) is 8.35. The van der Waals surface area contributed by atoms with Crippen molar-refractivity contribution >= 4 is 12.1 Å². The van der Waals surface area contributed by atoms with Crippen LogP contribution in [0.2, 0.25) is 0 Å². The highest BCUT2D eigenvalue weighted by molar-refractivity contribution is 5.80. The number of rotatable bonds is 6. The molecule has 174 valence electrons. The Morgan fingerprint density at radius 3 is 2.74 bits per heavy atom. The van der Waals surface area contributed by atoms with Gasteiger partial charge in [0, 0.05) is 31.4 Å². The summed E-state index contributed by atoms with van der Waals surface area (Å²) >= 11 is 0. The normalized spacial score (nSPS) is 17.5. The number of hydrogen-bond acceptors (Lipinski definition) is 5. The largest absolute Gasteiger partial charge is 0.468 e. The van der Waals surface area contributed by atoms with Gasteiger partial charge in [-0.2, -0.15) is 13.2 Å². The minimum atomic E-state index is -4.45. The second kappa shape index (κ2) is 10.5. The zero-order chi connectivity index (χ0) is 23.1. The first-order valence-electron chi connectivity index (χ1n) is 10.1. The first-order chi connectivity index (χ1) is 14.5. The molecule has 0 aromatic carbocycles. The highest BCUT2D eigenvalue weighted by atomic mass is 19.4. The molecule has 1 amide bonds. The number of nitrogens with zero attached hydrogens (tertiary/aromatic N) is 3. The van der Waals surface area contributed by atoms with E-state index in [1.165, 1.54) is 6.20 Å². The molecule has 1 saturated heterocycles. The Labute approximate surface area is 180 Å². The average molecular weight is 445 g/mol. The number of pyridine rings is 1. The van der Waals surface area contributed by atoms with Crippen LogP contribution in [0.4, 0.5) is 18.0 Å². The van der Waals surface area contributed by atoms with E-state index in [9.17, 15) is 18.0 Å². The Morgan fingerprint density at radius 2 is 2.10 bits per heavy atom. The van der Waals surface area contributed by atoms with E-state index in [1.54, 1.807) is 32.9 Å². The number of alkyl halides is 3. The molecular weight excluding hydrogens is 415 g/mol. The first kappa shape index (κ1) is 24.5. The van der Waals surface area contributed by atoms with Crippen LogP contribution in [-0.4, -0.2) is 66.0 Å². The van der Waals surface area contributed by atoms with Crippen molar-refractivity contribution in [2.75, 3.05) is 26.2 Å². The van der Waals surface area contributed by atoms with Gasteiger partial charge in [-0.05, 0) is 40.2 Å². The van der Waals surface area contributed by atoms with E-state index < -0.39 is 24.5 Å². The predicted molar refractivity (Wildman–Crippen MR) is 110 cm³/mol. The summed E-state index contributed by atoms with van der Waals surface area (Å²) in [4.78, 5) is 22.4. The lowest BCUT2D eigenvalue weighted by atomic mass is 10.2. The Balaban J connectivity index is 2.01. The molecule has 1 fully saturated rings. The summed E-state index contributed by atoms with van der Waals surface area (Å²) in [6.45, 7) is 7.83. The molecule has 11 heteroatoms.